The lowest BCUT2D eigenvalue weighted by atomic mass is 10.0. The summed E-state index contributed by atoms with van der Waals surface area (Å²) in [6, 6.07) is 19.2. The number of halogens is 1. The quantitative estimate of drug-likeness (QED) is 0.292. The van der Waals surface area contributed by atoms with Crippen molar-refractivity contribution in [2.45, 2.75) is 6.92 Å². The number of benzene rings is 3. The number of fused-ring (bicyclic) bond motifs is 2. The van der Waals surface area contributed by atoms with Crippen LogP contribution in [0.1, 0.15) is 16.7 Å². The predicted molar refractivity (Wildman–Crippen MR) is 112 cm³/mol. The van der Waals surface area contributed by atoms with Crippen molar-refractivity contribution in [3.63, 3.8) is 0 Å². The number of hydrogen-bond donors (Lipinski definition) is 1. The number of nitrogens with zero attached hydrogens (tertiary/aromatic N) is 3. The number of hydrogen-bond acceptors (Lipinski definition) is 4. The van der Waals surface area contributed by atoms with Gasteiger partial charge < -0.3 is 5.11 Å². The summed E-state index contributed by atoms with van der Waals surface area (Å²) in [5.41, 5.74) is 3.31. The Balaban J connectivity index is 1.66. The molecule has 4 aromatic rings. The van der Waals surface area contributed by atoms with E-state index in [9.17, 15) is 5.11 Å². The van der Waals surface area contributed by atoms with Gasteiger partial charge in [0.25, 0.3) is 0 Å². The lowest BCUT2D eigenvalue weighted by molar-refractivity contribution is 0.475. The molecule has 4 rings (SSSR count). The summed E-state index contributed by atoms with van der Waals surface area (Å²) in [5, 5.41) is 21.6. The molecule has 0 saturated heterocycles. The molecule has 0 unspecified atom stereocenters. The van der Waals surface area contributed by atoms with E-state index in [0.29, 0.717) is 16.3 Å². The molecule has 0 bridgehead atoms. The third-order valence-electron chi connectivity index (χ3n) is 4.35. The van der Waals surface area contributed by atoms with Gasteiger partial charge in [-0.05, 0) is 42.0 Å². The maximum Gasteiger partial charge on any atom is 0.138 e. The Hall–Kier alpha value is -3.24. The highest BCUT2D eigenvalue weighted by Gasteiger charge is 2.05. The van der Waals surface area contributed by atoms with Crippen LogP contribution < -0.4 is 0 Å². The second-order valence-corrected chi connectivity index (χ2v) is 6.63. The summed E-state index contributed by atoms with van der Waals surface area (Å²) in [6.45, 7) is 2.03. The maximum absolute atomic E-state index is 10.1. The highest BCUT2D eigenvalue weighted by molar-refractivity contribution is 6.32. The number of aromatic nitrogens is 1. The lowest BCUT2D eigenvalue weighted by Gasteiger charge is -2.04. The first-order valence-corrected chi connectivity index (χ1v) is 8.83. The Bertz CT molecular complexity index is 1220. The molecule has 0 spiro atoms. The Morgan fingerprint density at radius 2 is 1.74 bits per heavy atom. The molecular weight excluding hydrogens is 358 g/mol. The minimum atomic E-state index is 0.161. The van der Waals surface area contributed by atoms with Crippen LogP contribution in [-0.2, 0) is 0 Å². The first-order valence-electron chi connectivity index (χ1n) is 8.46. The van der Waals surface area contributed by atoms with Crippen molar-refractivity contribution in [1.29, 1.82) is 0 Å². The van der Waals surface area contributed by atoms with E-state index in [-0.39, 0.29) is 5.75 Å². The molecule has 1 aromatic heterocycles. The van der Waals surface area contributed by atoms with Gasteiger partial charge in [0.05, 0.1) is 17.9 Å². The van der Waals surface area contributed by atoms with Gasteiger partial charge in [0.2, 0.25) is 0 Å². The maximum atomic E-state index is 10.1. The molecule has 5 heteroatoms. The Morgan fingerprint density at radius 1 is 0.926 bits per heavy atom. The van der Waals surface area contributed by atoms with Crippen molar-refractivity contribution in [2.75, 3.05) is 0 Å². The number of pyridine rings is 1. The molecule has 0 aliphatic heterocycles. The zero-order valence-corrected chi connectivity index (χ0v) is 15.4. The molecule has 3 aromatic carbocycles. The van der Waals surface area contributed by atoms with E-state index < -0.39 is 0 Å². The van der Waals surface area contributed by atoms with Crippen molar-refractivity contribution in [3.8, 4) is 5.75 Å². The minimum absolute atomic E-state index is 0.161. The van der Waals surface area contributed by atoms with Crippen molar-refractivity contribution < 1.29 is 5.11 Å². The Kier molecular flexibility index (Phi) is 4.57. The van der Waals surface area contributed by atoms with Crippen molar-refractivity contribution in [1.82, 2.24) is 4.98 Å². The van der Waals surface area contributed by atoms with Gasteiger partial charge in [-0.2, -0.15) is 10.2 Å². The average Bonchev–Trinajstić information content (AvgIpc) is 2.67. The lowest BCUT2D eigenvalue weighted by Crippen LogP contribution is -1.90. The van der Waals surface area contributed by atoms with E-state index in [0.717, 1.165) is 27.2 Å². The van der Waals surface area contributed by atoms with Crippen LogP contribution in [0, 0.1) is 6.92 Å². The number of rotatable bonds is 3. The number of aryl methyl sites for hydroxylation is 1. The summed E-state index contributed by atoms with van der Waals surface area (Å²) in [6.07, 6.45) is 3.11. The Labute approximate surface area is 161 Å². The van der Waals surface area contributed by atoms with Crippen LogP contribution in [0.15, 0.2) is 70.9 Å². The van der Waals surface area contributed by atoms with Crippen molar-refractivity contribution in [2.24, 2.45) is 10.2 Å². The van der Waals surface area contributed by atoms with Gasteiger partial charge in [-0.15, -0.1) is 0 Å². The monoisotopic (exact) mass is 373 g/mol. The molecule has 27 heavy (non-hydrogen) atoms. The summed E-state index contributed by atoms with van der Waals surface area (Å²) < 4.78 is 0. The van der Waals surface area contributed by atoms with Gasteiger partial charge in [0.1, 0.15) is 10.9 Å². The van der Waals surface area contributed by atoms with Gasteiger partial charge in [-0.25, -0.2) is 4.98 Å². The van der Waals surface area contributed by atoms with E-state index in [4.69, 9.17) is 11.6 Å². The van der Waals surface area contributed by atoms with Crippen LogP contribution in [0.25, 0.3) is 21.7 Å². The zero-order chi connectivity index (χ0) is 18.8. The molecule has 0 aliphatic rings. The van der Waals surface area contributed by atoms with E-state index in [2.05, 4.69) is 15.2 Å². The molecular formula is C22H16ClN3O. The van der Waals surface area contributed by atoms with Gasteiger partial charge in [-0.3, -0.25) is 0 Å². The average molecular weight is 374 g/mol. The molecule has 0 atom stereocenters. The van der Waals surface area contributed by atoms with E-state index in [1.807, 2.05) is 61.5 Å². The summed E-state index contributed by atoms with van der Waals surface area (Å²) >= 11 is 6.25. The third-order valence-corrected chi connectivity index (χ3v) is 4.65. The van der Waals surface area contributed by atoms with E-state index in [1.165, 1.54) is 0 Å². The second kappa shape index (κ2) is 7.17. The molecule has 0 radical (unpaired) electrons. The standard InChI is InChI=1S/C22H16ClN3O/c1-14-6-8-20-16(10-14)11-17(22(23)26-20)12-24-25-13-19-18-5-3-2-4-15(18)7-9-21(19)27/h2-13,27H,1H3/b24-12+,25-13+. The van der Waals surface area contributed by atoms with Crippen molar-refractivity contribution in [3.05, 3.63) is 82.5 Å². The van der Waals surface area contributed by atoms with Crippen LogP contribution in [0.2, 0.25) is 5.15 Å². The number of phenols is 1. The number of aromatic hydroxyl groups is 1. The molecule has 4 nitrogen and oxygen atoms in total. The van der Waals surface area contributed by atoms with Gasteiger partial charge in [0, 0.05) is 16.5 Å². The zero-order valence-electron chi connectivity index (χ0n) is 14.6. The largest absolute Gasteiger partial charge is 0.507 e. The minimum Gasteiger partial charge on any atom is -0.507 e. The first-order chi connectivity index (χ1) is 13.1. The summed E-state index contributed by atoms with van der Waals surface area (Å²) in [5.74, 6) is 0.161. The molecule has 0 saturated carbocycles. The SMILES string of the molecule is Cc1ccc2nc(Cl)c(/C=N/N=C/c3c(O)ccc4ccccc34)cc2c1. The van der Waals surface area contributed by atoms with Crippen LogP contribution >= 0.6 is 11.6 Å². The van der Waals surface area contributed by atoms with E-state index in [1.54, 1.807) is 18.5 Å². The normalized spacial score (nSPS) is 11.9. The fraction of sp³-hybridized carbons (Fsp3) is 0.0455. The fourth-order valence-electron chi connectivity index (χ4n) is 2.99. The van der Waals surface area contributed by atoms with Crippen LogP contribution in [0.4, 0.5) is 0 Å². The topological polar surface area (TPSA) is 57.8 Å². The second-order valence-electron chi connectivity index (χ2n) is 6.27. The molecule has 1 N–H and O–H groups in total. The predicted octanol–water partition coefficient (Wildman–Crippen LogP) is 5.51. The molecule has 1 heterocycles. The van der Waals surface area contributed by atoms with Gasteiger partial charge in [0.15, 0.2) is 0 Å². The fourth-order valence-corrected chi connectivity index (χ4v) is 3.18. The van der Waals surface area contributed by atoms with Crippen molar-refractivity contribution >= 4 is 45.7 Å². The highest BCUT2D eigenvalue weighted by Crippen LogP contribution is 2.25. The molecule has 0 amide bonds. The molecule has 0 fully saturated rings. The van der Waals surface area contributed by atoms with Crippen LogP contribution in [-0.4, -0.2) is 22.5 Å². The van der Waals surface area contributed by atoms with Gasteiger partial charge in [-0.1, -0.05) is 53.6 Å². The summed E-state index contributed by atoms with van der Waals surface area (Å²) in [7, 11) is 0. The smallest absolute Gasteiger partial charge is 0.138 e. The summed E-state index contributed by atoms with van der Waals surface area (Å²) in [4.78, 5) is 4.39. The third kappa shape index (κ3) is 3.52. The van der Waals surface area contributed by atoms with Crippen LogP contribution in [0.5, 0.6) is 5.75 Å². The van der Waals surface area contributed by atoms with Crippen LogP contribution in [0.3, 0.4) is 0 Å². The molecule has 132 valence electrons. The Morgan fingerprint density at radius 3 is 2.63 bits per heavy atom. The number of phenolic OH excluding ortho intramolecular Hbond substituents is 1. The first kappa shape index (κ1) is 17.2. The molecule has 0 aliphatic carbocycles. The highest BCUT2D eigenvalue weighted by atomic mass is 35.5. The van der Waals surface area contributed by atoms with E-state index >= 15 is 0 Å². The van der Waals surface area contributed by atoms with Gasteiger partial charge >= 0.3 is 0 Å².